The third-order valence-corrected chi connectivity index (χ3v) is 5.76. The highest BCUT2D eigenvalue weighted by molar-refractivity contribution is 5.99. The molecule has 184 valence electrons. The van der Waals surface area contributed by atoms with E-state index in [0.29, 0.717) is 35.3 Å². The van der Waals surface area contributed by atoms with E-state index in [9.17, 15) is 17.6 Å². The van der Waals surface area contributed by atoms with Crippen molar-refractivity contribution >= 4 is 28.0 Å². The lowest BCUT2D eigenvalue weighted by atomic mass is 10.1. The normalized spacial score (nSPS) is 18.0. The molecule has 4 heterocycles. The summed E-state index contributed by atoms with van der Waals surface area (Å²) in [6.07, 6.45) is -2.01. The Morgan fingerprint density at radius 1 is 1.31 bits per heavy atom. The van der Waals surface area contributed by atoms with E-state index in [1.165, 1.54) is 0 Å². The predicted octanol–water partition coefficient (Wildman–Crippen LogP) is 4.02. The molecule has 35 heavy (non-hydrogen) atoms. The lowest BCUT2D eigenvalue weighted by molar-refractivity contribution is -0.139. The van der Waals surface area contributed by atoms with E-state index in [2.05, 4.69) is 30.6 Å². The number of benzene rings is 1. The Morgan fingerprint density at radius 2 is 2.17 bits per heavy atom. The van der Waals surface area contributed by atoms with Gasteiger partial charge in [-0.05, 0) is 18.2 Å². The first kappa shape index (κ1) is 23.0. The molecule has 1 aliphatic heterocycles. The first-order chi connectivity index (χ1) is 16.8. The van der Waals surface area contributed by atoms with Gasteiger partial charge < -0.3 is 19.3 Å². The molecule has 1 atom stereocenters. The summed E-state index contributed by atoms with van der Waals surface area (Å²) in [4.78, 5) is 10.6. The van der Waals surface area contributed by atoms with E-state index < -0.39 is 18.9 Å². The van der Waals surface area contributed by atoms with Crippen LogP contribution >= 0.6 is 0 Å². The molecular formula is C22H22F4N8O. The number of alkyl halides is 4. The van der Waals surface area contributed by atoms with Crippen molar-refractivity contribution < 1.29 is 22.1 Å². The molecule has 2 N–H and O–H groups in total. The van der Waals surface area contributed by atoms with Gasteiger partial charge in [-0.1, -0.05) is 11.2 Å². The Kier molecular flexibility index (Phi) is 6.01. The summed E-state index contributed by atoms with van der Waals surface area (Å²) < 4.78 is 61.3. The maximum Gasteiger partial charge on any atom is 0.406 e. The van der Waals surface area contributed by atoms with Gasteiger partial charge in [0.05, 0.1) is 41.0 Å². The number of hydrogen-bond donors (Lipinski definition) is 2. The van der Waals surface area contributed by atoms with Crippen LogP contribution in [-0.2, 0) is 13.1 Å². The fourth-order valence-electron chi connectivity index (χ4n) is 4.07. The van der Waals surface area contributed by atoms with E-state index in [1.807, 2.05) is 0 Å². The molecular weight excluding hydrogens is 468 g/mol. The monoisotopic (exact) mass is 490 g/mol. The van der Waals surface area contributed by atoms with Crippen LogP contribution in [0.3, 0.4) is 0 Å². The molecule has 4 aromatic rings. The second-order valence-electron chi connectivity index (χ2n) is 8.29. The second-order valence-corrected chi connectivity index (χ2v) is 8.29. The van der Waals surface area contributed by atoms with Gasteiger partial charge in [0, 0.05) is 38.1 Å². The molecule has 13 heteroatoms. The van der Waals surface area contributed by atoms with E-state index >= 15 is 0 Å². The van der Waals surface area contributed by atoms with Crippen LogP contribution in [0.4, 0.5) is 28.9 Å². The van der Waals surface area contributed by atoms with Crippen molar-refractivity contribution in [1.29, 1.82) is 0 Å². The fraction of sp³-hybridized carbons (Fsp3) is 0.364. The Balaban J connectivity index is 1.55. The number of halogens is 4. The van der Waals surface area contributed by atoms with E-state index in [1.54, 1.807) is 48.6 Å². The van der Waals surface area contributed by atoms with Gasteiger partial charge in [0.2, 0.25) is 11.7 Å². The molecule has 3 aromatic heterocycles. The van der Waals surface area contributed by atoms with Crippen molar-refractivity contribution in [2.75, 3.05) is 25.0 Å². The minimum absolute atomic E-state index is 0.0184. The van der Waals surface area contributed by atoms with Crippen LogP contribution in [0.5, 0.6) is 0 Å². The average molecular weight is 490 g/mol. The molecule has 5 rings (SSSR count). The number of fused-ring (bicyclic) bond motifs is 1. The number of hydrogen-bond acceptors (Lipinski definition) is 7. The molecule has 1 aromatic carbocycles. The molecule has 0 bridgehead atoms. The Hall–Kier alpha value is -3.74. The summed E-state index contributed by atoms with van der Waals surface area (Å²) in [6, 6.07) is 6.38. The largest absolute Gasteiger partial charge is 0.406 e. The fourth-order valence-corrected chi connectivity index (χ4v) is 4.07. The minimum Gasteiger partial charge on any atom is -0.363 e. The number of nitrogens with zero attached hydrogens (tertiary/aromatic N) is 6. The lowest BCUT2D eigenvalue weighted by Crippen LogP contribution is -2.38. The van der Waals surface area contributed by atoms with Crippen molar-refractivity contribution in [1.82, 2.24) is 30.2 Å². The van der Waals surface area contributed by atoms with Crippen molar-refractivity contribution in [3.05, 3.63) is 42.5 Å². The third-order valence-electron chi connectivity index (χ3n) is 5.76. The van der Waals surface area contributed by atoms with Crippen molar-refractivity contribution in [3.63, 3.8) is 0 Å². The van der Waals surface area contributed by atoms with Gasteiger partial charge in [0.15, 0.2) is 6.17 Å². The average Bonchev–Trinajstić information content (AvgIpc) is 3.55. The topological polar surface area (TPSA) is 100 Å². The molecule has 0 spiro atoms. The van der Waals surface area contributed by atoms with Gasteiger partial charge in [-0.15, -0.1) is 0 Å². The van der Waals surface area contributed by atoms with Crippen LogP contribution in [0.25, 0.3) is 22.4 Å². The smallest absolute Gasteiger partial charge is 0.363 e. The van der Waals surface area contributed by atoms with E-state index in [-0.39, 0.29) is 30.5 Å². The lowest BCUT2D eigenvalue weighted by Gasteiger charge is -2.18. The number of aromatic amines is 1. The summed E-state index contributed by atoms with van der Waals surface area (Å²) in [5, 5.41) is 13.9. The standard InChI is InChI=1S/C22H22F4N8O/c1-33(13-8-28-29-9-13)11-20-31-21(32-35-20)19-7-14-16(30-17-5-6-27-10-15(17)23)3-2-4-18(14)34(19)12-22(24,25)26/h2-4,7-9,15,27H,5-6,10-12H2,1H3,(H,28,29)/b30-17+/t15-/m0/s1. The zero-order valence-corrected chi connectivity index (χ0v) is 18.7. The van der Waals surface area contributed by atoms with Gasteiger partial charge in [0.1, 0.15) is 6.54 Å². The van der Waals surface area contributed by atoms with Crippen LogP contribution in [0.15, 0.2) is 46.2 Å². The number of anilines is 1. The van der Waals surface area contributed by atoms with Crippen LogP contribution in [0.1, 0.15) is 12.3 Å². The van der Waals surface area contributed by atoms with Crippen molar-refractivity contribution in [2.24, 2.45) is 4.99 Å². The van der Waals surface area contributed by atoms with Gasteiger partial charge in [0.25, 0.3) is 0 Å². The Morgan fingerprint density at radius 3 is 2.91 bits per heavy atom. The molecule has 1 aliphatic rings. The molecule has 0 saturated carbocycles. The van der Waals surface area contributed by atoms with Crippen LogP contribution in [-0.4, -0.2) is 63.1 Å². The maximum absolute atomic E-state index is 14.3. The maximum atomic E-state index is 14.3. The number of rotatable bonds is 6. The Bertz CT molecular complexity index is 1340. The molecule has 9 nitrogen and oxygen atoms in total. The number of H-pyrrole nitrogens is 1. The van der Waals surface area contributed by atoms with Crippen LogP contribution in [0.2, 0.25) is 0 Å². The second kappa shape index (κ2) is 9.13. The molecule has 1 saturated heterocycles. The zero-order valence-electron chi connectivity index (χ0n) is 18.7. The third kappa shape index (κ3) is 4.90. The predicted molar refractivity (Wildman–Crippen MR) is 121 cm³/mol. The van der Waals surface area contributed by atoms with Gasteiger partial charge in [-0.3, -0.25) is 10.1 Å². The summed E-state index contributed by atoms with van der Waals surface area (Å²) >= 11 is 0. The van der Waals surface area contributed by atoms with E-state index in [4.69, 9.17) is 4.52 Å². The number of piperidine rings is 1. The van der Waals surface area contributed by atoms with Crippen molar-refractivity contribution in [3.8, 4) is 11.5 Å². The minimum atomic E-state index is -4.49. The number of aliphatic imine (C=N–C) groups is 1. The van der Waals surface area contributed by atoms with Gasteiger partial charge >= 0.3 is 6.18 Å². The van der Waals surface area contributed by atoms with Gasteiger partial charge in [-0.25, -0.2) is 4.39 Å². The highest BCUT2D eigenvalue weighted by atomic mass is 19.4. The zero-order chi connectivity index (χ0) is 24.6. The number of nitrogens with one attached hydrogen (secondary N) is 2. The molecule has 0 unspecified atom stereocenters. The molecule has 0 aliphatic carbocycles. The number of aromatic nitrogens is 5. The summed E-state index contributed by atoms with van der Waals surface area (Å²) in [5.74, 6) is 0.243. The molecule has 0 radical (unpaired) electrons. The Labute approximate surface area is 196 Å². The van der Waals surface area contributed by atoms with Crippen LogP contribution in [0, 0.1) is 0 Å². The highest BCUT2D eigenvalue weighted by Gasteiger charge is 2.31. The van der Waals surface area contributed by atoms with Crippen molar-refractivity contribution in [2.45, 2.75) is 31.9 Å². The summed E-state index contributed by atoms with van der Waals surface area (Å²) in [6.45, 7) is -0.264. The molecule has 0 amide bonds. The quantitative estimate of drug-likeness (QED) is 0.396. The first-order valence-electron chi connectivity index (χ1n) is 10.9. The molecule has 1 fully saturated rings. The summed E-state index contributed by atoms with van der Waals surface area (Å²) in [5.41, 5.74) is 1.97. The van der Waals surface area contributed by atoms with Crippen LogP contribution < -0.4 is 10.2 Å². The summed E-state index contributed by atoms with van der Waals surface area (Å²) in [7, 11) is 1.79. The van der Waals surface area contributed by atoms with E-state index in [0.717, 1.165) is 10.3 Å². The SMILES string of the molecule is CN(Cc1nc(-c2cc3c(/N=C4\CCNC[C@@H]4F)cccc3n2CC(F)(F)F)no1)c1cn[nH]c1. The van der Waals surface area contributed by atoms with Gasteiger partial charge in [-0.2, -0.15) is 23.3 Å². The first-order valence-corrected chi connectivity index (χ1v) is 10.9. The highest BCUT2D eigenvalue weighted by Crippen LogP contribution is 2.35.